The molecule has 0 N–H and O–H groups in total. The highest BCUT2D eigenvalue weighted by Gasteiger charge is 2.14. The number of nitrogens with zero attached hydrogens (tertiary/aromatic N) is 1. The van der Waals surface area contributed by atoms with Crippen LogP contribution in [0.2, 0.25) is 0 Å². The molecule has 0 aliphatic heterocycles. The van der Waals surface area contributed by atoms with Crippen LogP contribution in [0.4, 0.5) is 0 Å². The second-order valence-electron chi connectivity index (χ2n) is 5.44. The quantitative estimate of drug-likeness (QED) is 0.331. The molecule has 0 saturated carbocycles. The van der Waals surface area contributed by atoms with Crippen LogP contribution in [-0.2, 0) is 19.4 Å². The normalized spacial score (nSPS) is 11.5. The summed E-state index contributed by atoms with van der Waals surface area (Å²) in [5.41, 5.74) is 1.39. The molecule has 26 heavy (non-hydrogen) atoms. The van der Waals surface area contributed by atoms with Gasteiger partial charge in [-0.25, -0.2) is 13.4 Å². The van der Waals surface area contributed by atoms with Gasteiger partial charge in [0.05, 0.1) is 17.3 Å². The highest BCUT2D eigenvalue weighted by Crippen LogP contribution is 2.23. The average Bonchev–Trinajstić information content (AvgIpc) is 3.07. The van der Waals surface area contributed by atoms with Gasteiger partial charge in [-0.05, 0) is 30.7 Å². The molecule has 0 atom stereocenters. The number of hydrogen-bond acceptors (Lipinski definition) is 7. The fourth-order valence-corrected chi connectivity index (χ4v) is 4.20. The number of fused-ring (bicyclic) bond motifs is 1. The number of carbonyl (C=O) groups excluding carboxylic acids is 1. The van der Waals surface area contributed by atoms with Gasteiger partial charge in [-0.3, -0.25) is 4.79 Å². The number of hydrogen-bond donors (Lipinski definition) is 0. The van der Waals surface area contributed by atoms with E-state index in [9.17, 15) is 13.2 Å². The zero-order valence-corrected chi connectivity index (χ0v) is 15.5. The molecule has 6 nitrogen and oxygen atoms in total. The topological polar surface area (TPSA) is 86.5 Å². The predicted octanol–water partition coefficient (Wildman–Crippen LogP) is 3.33. The van der Waals surface area contributed by atoms with E-state index in [2.05, 4.69) is 4.98 Å². The summed E-state index contributed by atoms with van der Waals surface area (Å²) in [5, 5.41) is 0.398. The first-order chi connectivity index (χ1) is 12.5. The summed E-state index contributed by atoms with van der Waals surface area (Å²) in [7, 11) is -3.35. The first-order valence-electron chi connectivity index (χ1n) is 7.96. The summed E-state index contributed by atoms with van der Waals surface area (Å²) < 4.78 is 34.8. The summed E-state index contributed by atoms with van der Waals surface area (Å²) in [6.07, 6.45) is 0.247. The average molecular weight is 391 g/mol. The number of para-hydroxylation sites is 2. The van der Waals surface area contributed by atoms with E-state index < -0.39 is 15.8 Å². The molecule has 3 aromatic rings. The van der Waals surface area contributed by atoms with Gasteiger partial charge in [-0.15, -0.1) is 0 Å². The molecule has 0 bridgehead atoms. The third kappa shape index (κ3) is 4.86. The number of sulfone groups is 1. The minimum Gasteiger partial charge on any atom is -0.465 e. The Morgan fingerprint density at radius 2 is 1.81 bits per heavy atom. The van der Waals surface area contributed by atoms with Crippen molar-refractivity contribution < 1.29 is 22.4 Å². The number of esters is 1. The van der Waals surface area contributed by atoms with Crippen LogP contribution in [0, 0.1) is 0 Å². The standard InChI is InChI=1S/C18H17NO5S2/c20-17(13-25-18-19-15-9-4-5-10-16(15)24-18)23-11-6-12-26(21,22)14-7-2-1-3-8-14/h1-5,7-10H,6,11-13H2. The first kappa shape index (κ1) is 18.5. The van der Waals surface area contributed by atoms with Gasteiger partial charge in [0.1, 0.15) is 11.3 Å². The molecule has 0 radical (unpaired) electrons. The van der Waals surface area contributed by atoms with E-state index in [-0.39, 0.29) is 29.4 Å². The lowest BCUT2D eigenvalue weighted by atomic mass is 10.3. The summed E-state index contributed by atoms with van der Waals surface area (Å²) >= 11 is 1.14. The molecular formula is C18H17NO5S2. The molecule has 136 valence electrons. The van der Waals surface area contributed by atoms with Crippen LogP contribution in [0.5, 0.6) is 0 Å². The Hall–Kier alpha value is -2.32. The van der Waals surface area contributed by atoms with E-state index in [1.807, 2.05) is 18.2 Å². The van der Waals surface area contributed by atoms with Gasteiger partial charge in [0.2, 0.25) is 0 Å². The van der Waals surface area contributed by atoms with Crippen LogP contribution in [0.3, 0.4) is 0 Å². The van der Waals surface area contributed by atoms with Crippen molar-refractivity contribution in [1.82, 2.24) is 4.98 Å². The summed E-state index contributed by atoms with van der Waals surface area (Å²) in [4.78, 5) is 16.3. The van der Waals surface area contributed by atoms with Crippen LogP contribution in [0.1, 0.15) is 6.42 Å². The Kier molecular flexibility index (Phi) is 5.95. The van der Waals surface area contributed by atoms with Crippen molar-refractivity contribution in [2.45, 2.75) is 16.5 Å². The van der Waals surface area contributed by atoms with Gasteiger partial charge in [0.15, 0.2) is 15.4 Å². The lowest BCUT2D eigenvalue weighted by molar-refractivity contribution is -0.140. The Bertz CT molecular complexity index is 950. The molecule has 1 aromatic heterocycles. The molecule has 0 fully saturated rings. The SMILES string of the molecule is O=C(CSc1nc2ccccc2o1)OCCCS(=O)(=O)c1ccccc1. The van der Waals surface area contributed by atoms with Crippen molar-refractivity contribution in [2.75, 3.05) is 18.1 Å². The van der Waals surface area contributed by atoms with Crippen LogP contribution in [0.25, 0.3) is 11.1 Å². The Balaban J connectivity index is 1.40. The smallest absolute Gasteiger partial charge is 0.316 e. The molecule has 0 spiro atoms. The van der Waals surface area contributed by atoms with Crippen molar-refractivity contribution in [1.29, 1.82) is 0 Å². The monoisotopic (exact) mass is 391 g/mol. The minimum atomic E-state index is -3.35. The number of ether oxygens (including phenoxy) is 1. The van der Waals surface area contributed by atoms with Gasteiger partial charge in [-0.1, -0.05) is 42.1 Å². The van der Waals surface area contributed by atoms with E-state index in [4.69, 9.17) is 9.15 Å². The fraction of sp³-hybridized carbons (Fsp3) is 0.222. The van der Waals surface area contributed by atoms with Gasteiger partial charge in [-0.2, -0.15) is 0 Å². The number of thioether (sulfide) groups is 1. The largest absolute Gasteiger partial charge is 0.465 e. The molecule has 8 heteroatoms. The maximum absolute atomic E-state index is 12.1. The van der Waals surface area contributed by atoms with Crippen LogP contribution in [0.15, 0.2) is 69.1 Å². The molecule has 0 saturated heterocycles. The van der Waals surface area contributed by atoms with Crippen molar-refractivity contribution in [2.24, 2.45) is 0 Å². The molecule has 3 rings (SSSR count). The highest BCUT2D eigenvalue weighted by molar-refractivity contribution is 7.99. The molecule has 2 aromatic carbocycles. The van der Waals surface area contributed by atoms with Gasteiger partial charge >= 0.3 is 5.97 Å². The van der Waals surface area contributed by atoms with Crippen molar-refractivity contribution in [3.05, 3.63) is 54.6 Å². The predicted molar refractivity (Wildman–Crippen MR) is 98.8 cm³/mol. The fourth-order valence-electron chi connectivity index (χ4n) is 2.26. The van der Waals surface area contributed by atoms with E-state index in [1.54, 1.807) is 36.4 Å². The highest BCUT2D eigenvalue weighted by atomic mass is 32.2. The maximum Gasteiger partial charge on any atom is 0.316 e. The summed E-state index contributed by atoms with van der Waals surface area (Å²) in [6.45, 7) is 0.0546. The first-order valence-corrected chi connectivity index (χ1v) is 10.6. The van der Waals surface area contributed by atoms with E-state index in [0.29, 0.717) is 10.8 Å². The lowest BCUT2D eigenvalue weighted by Gasteiger charge is -2.05. The molecular weight excluding hydrogens is 374 g/mol. The van der Waals surface area contributed by atoms with E-state index in [0.717, 1.165) is 17.3 Å². The third-order valence-corrected chi connectivity index (χ3v) is 6.13. The Morgan fingerprint density at radius 1 is 1.08 bits per heavy atom. The molecule has 0 aliphatic carbocycles. The number of benzene rings is 2. The second-order valence-corrected chi connectivity index (χ2v) is 8.48. The number of aromatic nitrogens is 1. The van der Waals surface area contributed by atoms with Gasteiger partial charge in [0, 0.05) is 0 Å². The summed E-state index contributed by atoms with van der Waals surface area (Å²) in [5.74, 6) is -0.449. The van der Waals surface area contributed by atoms with Crippen LogP contribution >= 0.6 is 11.8 Å². The van der Waals surface area contributed by atoms with E-state index in [1.165, 1.54) is 0 Å². The van der Waals surface area contributed by atoms with E-state index >= 15 is 0 Å². The maximum atomic E-state index is 12.1. The number of rotatable bonds is 8. The minimum absolute atomic E-state index is 0.0538. The molecule has 0 unspecified atom stereocenters. The summed E-state index contributed by atoms with van der Waals surface area (Å²) in [6, 6.07) is 15.6. The Morgan fingerprint density at radius 3 is 2.58 bits per heavy atom. The van der Waals surface area contributed by atoms with Gasteiger partial charge in [0.25, 0.3) is 5.22 Å². The van der Waals surface area contributed by atoms with Crippen molar-refractivity contribution >= 4 is 38.7 Å². The molecule has 1 heterocycles. The van der Waals surface area contributed by atoms with Crippen molar-refractivity contribution in [3.63, 3.8) is 0 Å². The Labute approximate surface area is 155 Å². The van der Waals surface area contributed by atoms with Crippen LogP contribution < -0.4 is 0 Å². The third-order valence-electron chi connectivity index (χ3n) is 3.51. The number of oxazole rings is 1. The second kappa shape index (κ2) is 8.37. The zero-order valence-electron chi connectivity index (χ0n) is 13.8. The molecule has 0 amide bonds. The number of carbonyl (C=O) groups is 1. The van der Waals surface area contributed by atoms with Crippen LogP contribution in [-0.4, -0.2) is 37.5 Å². The zero-order chi connectivity index (χ0) is 18.4. The van der Waals surface area contributed by atoms with Crippen molar-refractivity contribution in [3.8, 4) is 0 Å². The van der Waals surface area contributed by atoms with Gasteiger partial charge < -0.3 is 9.15 Å². The molecule has 0 aliphatic rings. The lowest BCUT2D eigenvalue weighted by Crippen LogP contribution is -2.13.